The molecule has 0 bridgehead atoms. The normalized spacial score (nSPS) is 24.4. The van der Waals surface area contributed by atoms with E-state index in [0.717, 1.165) is 43.1 Å². The van der Waals surface area contributed by atoms with Crippen LogP contribution in [0.3, 0.4) is 0 Å². The van der Waals surface area contributed by atoms with Gasteiger partial charge in [0.15, 0.2) is 11.6 Å². The highest BCUT2D eigenvalue weighted by atomic mass is 19.2. The lowest BCUT2D eigenvalue weighted by Gasteiger charge is -2.28. The Hall–Kier alpha value is -1.64. The number of halogens is 2. The van der Waals surface area contributed by atoms with Gasteiger partial charge in [0.05, 0.1) is 6.61 Å². The molecule has 1 nitrogen and oxygen atoms in total. The standard InChI is InChI=1S/C28H40F2O/c1-3-7-21-10-12-22(13-11-21)8-5-6-9-23-14-16-24(17-15-23)25-18-19-26(31-20-4-2)28(30)27(25)29/h6,9,16,18-19,21-23H,3-5,7-8,10-15,17,20H2,1-2H3. The maximum absolute atomic E-state index is 14.6. The molecule has 1 unspecified atom stereocenters. The molecule has 3 rings (SSSR count). The van der Waals surface area contributed by atoms with E-state index in [1.54, 1.807) is 12.1 Å². The summed E-state index contributed by atoms with van der Waals surface area (Å²) in [5, 5.41) is 0. The van der Waals surface area contributed by atoms with Crippen LogP contribution in [0.15, 0.2) is 30.4 Å². The molecule has 0 heterocycles. The molecule has 0 amide bonds. The average molecular weight is 431 g/mol. The van der Waals surface area contributed by atoms with Gasteiger partial charge < -0.3 is 4.74 Å². The molecule has 1 fully saturated rings. The highest BCUT2D eigenvalue weighted by molar-refractivity contribution is 5.67. The van der Waals surface area contributed by atoms with E-state index >= 15 is 0 Å². The van der Waals surface area contributed by atoms with Crippen molar-refractivity contribution in [1.29, 1.82) is 0 Å². The lowest BCUT2D eigenvalue weighted by atomic mass is 9.78. The first kappa shape index (κ1) is 24.0. The van der Waals surface area contributed by atoms with Crippen molar-refractivity contribution < 1.29 is 13.5 Å². The van der Waals surface area contributed by atoms with Gasteiger partial charge in [-0.25, -0.2) is 4.39 Å². The Balaban J connectivity index is 1.44. The Bertz CT molecular complexity index is 744. The highest BCUT2D eigenvalue weighted by Crippen LogP contribution is 2.36. The minimum absolute atomic E-state index is 0.0131. The van der Waals surface area contributed by atoms with Crippen molar-refractivity contribution in [2.75, 3.05) is 6.61 Å². The molecule has 0 N–H and O–H groups in total. The summed E-state index contributed by atoms with van der Waals surface area (Å²) in [6.07, 6.45) is 21.2. The number of benzene rings is 1. The molecule has 172 valence electrons. The van der Waals surface area contributed by atoms with Crippen LogP contribution in [0.4, 0.5) is 8.78 Å². The van der Waals surface area contributed by atoms with E-state index < -0.39 is 11.6 Å². The van der Waals surface area contributed by atoms with Crippen molar-refractivity contribution in [2.45, 2.75) is 90.9 Å². The Morgan fingerprint density at radius 3 is 2.32 bits per heavy atom. The summed E-state index contributed by atoms with van der Waals surface area (Å²) in [5.74, 6) is 0.791. The molecule has 1 atom stereocenters. The second kappa shape index (κ2) is 12.4. The molecule has 0 aromatic heterocycles. The molecule has 0 radical (unpaired) electrons. The van der Waals surface area contributed by atoms with Crippen LogP contribution in [-0.4, -0.2) is 6.61 Å². The van der Waals surface area contributed by atoms with Crippen LogP contribution >= 0.6 is 0 Å². The van der Waals surface area contributed by atoms with E-state index in [0.29, 0.717) is 18.1 Å². The van der Waals surface area contributed by atoms with Gasteiger partial charge in [-0.15, -0.1) is 0 Å². The van der Waals surface area contributed by atoms with Crippen molar-refractivity contribution in [3.05, 3.63) is 47.6 Å². The van der Waals surface area contributed by atoms with Crippen LogP contribution in [0.2, 0.25) is 0 Å². The van der Waals surface area contributed by atoms with Crippen LogP contribution < -0.4 is 4.74 Å². The maximum atomic E-state index is 14.6. The summed E-state index contributed by atoms with van der Waals surface area (Å²) in [7, 11) is 0. The van der Waals surface area contributed by atoms with Gasteiger partial charge in [-0.2, -0.15) is 4.39 Å². The molecule has 2 aliphatic carbocycles. The lowest BCUT2D eigenvalue weighted by molar-refractivity contribution is 0.253. The third-order valence-corrected chi connectivity index (χ3v) is 7.12. The minimum atomic E-state index is -0.863. The summed E-state index contributed by atoms with van der Waals surface area (Å²) >= 11 is 0. The Morgan fingerprint density at radius 2 is 1.68 bits per heavy atom. The van der Waals surface area contributed by atoms with Gasteiger partial charge in [0.1, 0.15) is 0 Å². The predicted octanol–water partition coefficient (Wildman–Crippen LogP) is 8.88. The first-order chi connectivity index (χ1) is 15.1. The predicted molar refractivity (Wildman–Crippen MR) is 126 cm³/mol. The molecular formula is C28H40F2O. The van der Waals surface area contributed by atoms with E-state index in [1.165, 1.54) is 51.4 Å². The van der Waals surface area contributed by atoms with Gasteiger partial charge in [0.25, 0.3) is 0 Å². The molecule has 0 saturated heterocycles. The van der Waals surface area contributed by atoms with Crippen LogP contribution in [0, 0.1) is 29.4 Å². The topological polar surface area (TPSA) is 9.23 Å². The summed E-state index contributed by atoms with van der Waals surface area (Å²) < 4.78 is 34.1. The second-order valence-corrected chi connectivity index (χ2v) is 9.53. The molecule has 1 aromatic carbocycles. The molecule has 0 spiro atoms. The van der Waals surface area contributed by atoms with Crippen molar-refractivity contribution in [3.63, 3.8) is 0 Å². The third kappa shape index (κ3) is 6.92. The van der Waals surface area contributed by atoms with E-state index in [4.69, 9.17) is 4.74 Å². The van der Waals surface area contributed by atoms with Crippen LogP contribution in [-0.2, 0) is 0 Å². The van der Waals surface area contributed by atoms with Crippen molar-refractivity contribution >= 4 is 5.57 Å². The summed E-state index contributed by atoms with van der Waals surface area (Å²) in [6.45, 7) is 4.64. The molecule has 1 saturated carbocycles. The summed E-state index contributed by atoms with van der Waals surface area (Å²) in [6, 6.07) is 3.23. The molecule has 31 heavy (non-hydrogen) atoms. The first-order valence-corrected chi connectivity index (χ1v) is 12.6. The van der Waals surface area contributed by atoms with E-state index in [2.05, 4.69) is 25.2 Å². The molecule has 0 aliphatic heterocycles. The second-order valence-electron chi connectivity index (χ2n) is 9.53. The van der Waals surface area contributed by atoms with Gasteiger partial charge in [-0.1, -0.05) is 70.6 Å². The van der Waals surface area contributed by atoms with Crippen LogP contribution in [0.1, 0.15) is 96.5 Å². The average Bonchev–Trinajstić information content (AvgIpc) is 2.79. The number of ether oxygens (including phenoxy) is 1. The monoisotopic (exact) mass is 430 g/mol. The van der Waals surface area contributed by atoms with Gasteiger partial charge in [-0.3, -0.25) is 0 Å². The number of hydrogen-bond donors (Lipinski definition) is 0. The van der Waals surface area contributed by atoms with E-state index in [9.17, 15) is 8.78 Å². The summed E-state index contributed by atoms with van der Waals surface area (Å²) in [4.78, 5) is 0. The van der Waals surface area contributed by atoms with Crippen molar-refractivity contribution in [1.82, 2.24) is 0 Å². The zero-order valence-electron chi connectivity index (χ0n) is 19.5. The number of allylic oxidation sites excluding steroid dienone is 4. The SMILES string of the molecule is CCCOc1ccc(C2=CCC(C=CCCC3CCC(CCC)CC3)CC2)c(F)c1F. The number of rotatable bonds is 10. The third-order valence-electron chi connectivity index (χ3n) is 7.12. The highest BCUT2D eigenvalue weighted by Gasteiger charge is 2.21. The molecule has 3 heteroatoms. The van der Waals surface area contributed by atoms with Crippen molar-refractivity contribution in [3.8, 4) is 5.75 Å². The van der Waals surface area contributed by atoms with Gasteiger partial charge in [0.2, 0.25) is 5.82 Å². The first-order valence-electron chi connectivity index (χ1n) is 12.6. The molecule has 2 aliphatic rings. The van der Waals surface area contributed by atoms with Crippen LogP contribution in [0.25, 0.3) is 5.57 Å². The van der Waals surface area contributed by atoms with Gasteiger partial charge in [0, 0.05) is 5.56 Å². The molecular weight excluding hydrogens is 390 g/mol. The van der Waals surface area contributed by atoms with Gasteiger partial charge >= 0.3 is 0 Å². The fourth-order valence-corrected chi connectivity index (χ4v) is 5.21. The van der Waals surface area contributed by atoms with Crippen molar-refractivity contribution in [2.24, 2.45) is 17.8 Å². The number of hydrogen-bond acceptors (Lipinski definition) is 1. The van der Waals surface area contributed by atoms with E-state index in [1.807, 2.05) is 6.92 Å². The van der Waals surface area contributed by atoms with E-state index in [-0.39, 0.29) is 5.75 Å². The zero-order chi connectivity index (χ0) is 22.1. The smallest absolute Gasteiger partial charge is 0.201 e. The van der Waals surface area contributed by atoms with Crippen LogP contribution in [0.5, 0.6) is 5.75 Å². The summed E-state index contributed by atoms with van der Waals surface area (Å²) in [5.41, 5.74) is 1.31. The van der Waals surface area contributed by atoms with Gasteiger partial charge in [-0.05, 0) is 74.0 Å². The fraction of sp³-hybridized carbons (Fsp3) is 0.643. The fourth-order valence-electron chi connectivity index (χ4n) is 5.21. The largest absolute Gasteiger partial charge is 0.490 e. The Morgan fingerprint density at radius 1 is 0.935 bits per heavy atom. The maximum Gasteiger partial charge on any atom is 0.201 e. The zero-order valence-corrected chi connectivity index (χ0v) is 19.5. The minimum Gasteiger partial charge on any atom is -0.490 e. The Labute approximate surface area is 188 Å². The molecule has 1 aromatic rings. The Kier molecular flexibility index (Phi) is 9.61. The quantitative estimate of drug-likeness (QED) is 0.337. The lowest BCUT2D eigenvalue weighted by Crippen LogP contribution is -2.14.